The molecular weight excluding hydrogens is 186 g/mol. The van der Waals surface area contributed by atoms with Crippen LogP contribution in [-0.4, -0.2) is 10.9 Å². The summed E-state index contributed by atoms with van der Waals surface area (Å²) in [7, 11) is 1.94. The summed E-state index contributed by atoms with van der Waals surface area (Å²) >= 11 is 5.89. The number of carbonyl (C=O) groups excluding carboxylic acids is 1. The standard InChI is InChI=1S/C10H8ClNO/c1-12-3-2-7-4-8(6-13)9(11)5-10(7)12/h2-6H,1H3. The van der Waals surface area contributed by atoms with Gasteiger partial charge in [0.1, 0.15) is 0 Å². The number of rotatable bonds is 1. The molecule has 0 N–H and O–H groups in total. The van der Waals surface area contributed by atoms with Crippen LogP contribution >= 0.6 is 11.6 Å². The SMILES string of the molecule is Cn1ccc2cc(C=O)c(Cl)cc21. The number of nitrogens with zero attached hydrogens (tertiary/aromatic N) is 1. The first-order chi connectivity index (χ1) is 6.22. The van der Waals surface area contributed by atoms with Crippen molar-refractivity contribution >= 4 is 28.8 Å². The number of aryl methyl sites for hydroxylation is 1. The number of halogens is 1. The zero-order chi connectivity index (χ0) is 9.42. The summed E-state index contributed by atoms with van der Waals surface area (Å²) in [5.41, 5.74) is 1.58. The number of aromatic nitrogens is 1. The van der Waals surface area contributed by atoms with E-state index in [1.807, 2.05) is 23.9 Å². The van der Waals surface area contributed by atoms with Crippen LogP contribution in [0.2, 0.25) is 5.02 Å². The van der Waals surface area contributed by atoms with E-state index in [4.69, 9.17) is 11.6 Å². The molecule has 0 aliphatic heterocycles. The highest BCUT2D eigenvalue weighted by Gasteiger charge is 2.03. The molecule has 3 heteroatoms. The summed E-state index contributed by atoms with van der Waals surface area (Å²) in [6.45, 7) is 0. The van der Waals surface area contributed by atoms with Crippen LogP contribution in [0.3, 0.4) is 0 Å². The molecule has 0 unspecified atom stereocenters. The maximum atomic E-state index is 10.6. The van der Waals surface area contributed by atoms with Crippen molar-refractivity contribution in [3.05, 3.63) is 35.0 Å². The highest BCUT2D eigenvalue weighted by atomic mass is 35.5. The normalized spacial score (nSPS) is 10.6. The lowest BCUT2D eigenvalue weighted by atomic mass is 10.2. The third-order valence-corrected chi connectivity index (χ3v) is 2.46. The van der Waals surface area contributed by atoms with Crippen molar-refractivity contribution in [1.29, 1.82) is 0 Å². The van der Waals surface area contributed by atoms with Gasteiger partial charge in [0, 0.05) is 29.7 Å². The van der Waals surface area contributed by atoms with Crippen LogP contribution in [0, 0.1) is 0 Å². The Morgan fingerprint density at radius 1 is 1.46 bits per heavy atom. The molecule has 2 nitrogen and oxygen atoms in total. The van der Waals surface area contributed by atoms with Gasteiger partial charge in [-0.3, -0.25) is 4.79 Å². The molecular formula is C10H8ClNO. The first-order valence-corrected chi connectivity index (χ1v) is 4.30. The Morgan fingerprint density at radius 2 is 2.23 bits per heavy atom. The van der Waals surface area contributed by atoms with Crippen molar-refractivity contribution < 1.29 is 4.79 Å². The molecule has 0 fully saturated rings. The van der Waals surface area contributed by atoms with E-state index in [-0.39, 0.29) is 0 Å². The number of fused-ring (bicyclic) bond motifs is 1. The van der Waals surface area contributed by atoms with E-state index in [2.05, 4.69) is 0 Å². The van der Waals surface area contributed by atoms with E-state index >= 15 is 0 Å². The van der Waals surface area contributed by atoms with Gasteiger partial charge in [0.25, 0.3) is 0 Å². The summed E-state index contributed by atoms with van der Waals surface area (Å²) in [6.07, 6.45) is 2.71. The van der Waals surface area contributed by atoms with Crippen LogP contribution in [0.15, 0.2) is 24.4 Å². The molecule has 0 amide bonds. The topological polar surface area (TPSA) is 22.0 Å². The summed E-state index contributed by atoms with van der Waals surface area (Å²) in [4.78, 5) is 10.6. The summed E-state index contributed by atoms with van der Waals surface area (Å²) in [5.74, 6) is 0. The second-order valence-electron chi connectivity index (χ2n) is 2.98. The first-order valence-electron chi connectivity index (χ1n) is 3.92. The quantitative estimate of drug-likeness (QED) is 0.639. The van der Waals surface area contributed by atoms with E-state index in [9.17, 15) is 4.79 Å². The molecule has 0 spiro atoms. The Labute approximate surface area is 80.7 Å². The molecule has 1 aromatic carbocycles. The average Bonchev–Trinajstić information content (AvgIpc) is 2.47. The number of carbonyl (C=O) groups is 1. The van der Waals surface area contributed by atoms with Gasteiger partial charge in [0.15, 0.2) is 6.29 Å². The van der Waals surface area contributed by atoms with Crippen LogP contribution in [0.25, 0.3) is 10.9 Å². The van der Waals surface area contributed by atoms with Crippen LogP contribution in [-0.2, 0) is 7.05 Å². The first kappa shape index (κ1) is 8.32. The van der Waals surface area contributed by atoms with Gasteiger partial charge in [-0.2, -0.15) is 0 Å². The van der Waals surface area contributed by atoms with Crippen LogP contribution in [0.4, 0.5) is 0 Å². The van der Waals surface area contributed by atoms with E-state index in [1.165, 1.54) is 0 Å². The Balaban J connectivity index is 2.83. The van der Waals surface area contributed by atoms with Gasteiger partial charge in [-0.15, -0.1) is 0 Å². The molecule has 0 aliphatic rings. The fraction of sp³-hybridized carbons (Fsp3) is 0.100. The Bertz CT molecular complexity index is 473. The van der Waals surface area contributed by atoms with Crippen LogP contribution < -0.4 is 0 Å². The van der Waals surface area contributed by atoms with Crippen molar-refractivity contribution in [3.8, 4) is 0 Å². The second-order valence-corrected chi connectivity index (χ2v) is 3.38. The van der Waals surface area contributed by atoms with E-state index in [1.54, 1.807) is 12.1 Å². The fourth-order valence-corrected chi connectivity index (χ4v) is 1.60. The van der Waals surface area contributed by atoms with Crippen molar-refractivity contribution in [2.24, 2.45) is 7.05 Å². The molecule has 2 aromatic rings. The molecule has 2 rings (SSSR count). The van der Waals surface area contributed by atoms with Gasteiger partial charge in [-0.05, 0) is 18.2 Å². The molecule has 13 heavy (non-hydrogen) atoms. The predicted octanol–water partition coefficient (Wildman–Crippen LogP) is 2.64. The third kappa shape index (κ3) is 1.23. The van der Waals surface area contributed by atoms with E-state index < -0.39 is 0 Å². The Kier molecular flexibility index (Phi) is 1.85. The number of hydrogen-bond acceptors (Lipinski definition) is 1. The smallest absolute Gasteiger partial charge is 0.151 e. The molecule has 0 saturated heterocycles. The van der Waals surface area contributed by atoms with Crippen molar-refractivity contribution in [3.63, 3.8) is 0 Å². The highest BCUT2D eigenvalue weighted by molar-refractivity contribution is 6.33. The van der Waals surface area contributed by atoms with Gasteiger partial charge in [0.05, 0.1) is 5.02 Å². The van der Waals surface area contributed by atoms with Crippen molar-refractivity contribution in [2.75, 3.05) is 0 Å². The zero-order valence-corrected chi connectivity index (χ0v) is 7.88. The maximum absolute atomic E-state index is 10.6. The zero-order valence-electron chi connectivity index (χ0n) is 7.12. The molecule has 0 aliphatic carbocycles. The molecule has 1 heterocycles. The molecule has 0 bridgehead atoms. The average molecular weight is 194 g/mol. The van der Waals surface area contributed by atoms with Gasteiger partial charge < -0.3 is 4.57 Å². The second kappa shape index (κ2) is 2.89. The minimum atomic E-state index is 0.504. The summed E-state index contributed by atoms with van der Waals surface area (Å²) < 4.78 is 1.97. The van der Waals surface area contributed by atoms with Gasteiger partial charge in [0.2, 0.25) is 0 Å². The molecule has 0 radical (unpaired) electrons. The van der Waals surface area contributed by atoms with Crippen molar-refractivity contribution in [1.82, 2.24) is 4.57 Å². The van der Waals surface area contributed by atoms with Gasteiger partial charge >= 0.3 is 0 Å². The minimum Gasteiger partial charge on any atom is -0.351 e. The van der Waals surface area contributed by atoms with Crippen LogP contribution in [0.5, 0.6) is 0 Å². The predicted molar refractivity (Wildman–Crippen MR) is 53.3 cm³/mol. The maximum Gasteiger partial charge on any atom is 0.151 e. The summed E-state index contributed by atoms with van der Waals surface area (Å²) in [6, 6.07) is 5.56. The largest absolute Gasteiger partial charge is 0.351 e. The van der Waals surface area contributed by atoms with Crippen LogP contribution in [0.1, 0.15) is 10.4 Å². The molecule has 66 valence electrons. The molecule has 1 aromatic heterocycles. The number of hydrogen-bond donors (Lipinski definition) is 0. The summed E-state index contributed by atoms with van der Waals surface area (Å²) in [5, 5.41) is 1.54. The lowest BCUT2D eigenvalue weighted by Gasteiger charge is -1.99. The van der Waals surface area contributed by atoms with Crippen molar-refractivity contribution in [2.45, 2.75) is 0 Å². The lowest BCUT2D eigenvalue weighted by molar-refractivity contribution is 0.112. The van der Waals surface area contributed by atoms with Gasteiger partial charge in [-0.25, -0.2) is 0 Å². The number of benzene rings is 1. The van der Waals surface area contributed by atoms with E-state index in [0.717, 1.165) is 17.2 Å². The minimum absolute atomic E-state index is 0.504. The van der Waals surface area contributed by atoms with Gasteiger partial charge in [-0.1, -0.05) is 11.6 Å². The number of aldehydes is 1. The third-order valence-electron chi connectivity index (χ3n) is 2.13. The fourth-order valence-electron chi connectivity index (χ4n) is 1.40. The molecule has 0 atom stereocenters. The Morgan fingerprint density at radius 3 is 2.92 bits per heavy atom. The lowest BCUT2D eigenvalue weighted by Crippen LogP contribution is -1.86. The van der Waals surface area contributed by atoms with E-state index in [0.29, 0.717) is 10.6 Å². The Hall–Kier alpha value is -1.28. The highest BCUT2D eigenvalue weighted by Crippen LogP contribution is 2.23. The monoisotopic (exact) mass is 193 g/mol. The molecule has 0 saturated carbocycles.